The third kappa shape index (κ3) is 6.31. The Morgan fingerprint density at radius 2 is 1.79 bits per heavy atom. The molecule has 194 valence electrons. The Hall–Kier alpha value is -3.93. The second-order valence-corrected chi connectivity index (χ2v) is 11.7. The number of nitrogens with zero attached hydrogens (tertiary/aromatic N) is 3. The number of sulfonamides is 1. The quantitative estimate of drug-likeness (QED) is 0.280. The van der Waals surface area contributed by atoms with E-state index in [1.165, 1.54) is 6.20 Å². The van der Waals surface area contributed by atoms with Crippen LogP contribution in [0.5, 0.6) is 5.75 Å². The van der Waals surface area contributed by atoms with Crippen molar-refractivity contribution in [1.29, 1.82) is 5.26 Å². The minimum atomic E-state index is -3.47. The Kier molecular flexibility index (Phi) is 7.72. The Bertz CT molecular complexity index is 1630. The van der Waals surface area contributed by atoms with E-state index in [9.17, 15) is 13.7 Å². The number of nitriles is 1. The average molecular weight is 547 g/mol. The Morgan fingerprint density at radius 1 is 1.05 bits per heavy atom. The molecule has 0 amide bonds. The Balaban J connectivity index is 1.54. The summed E-state index contributed by atoms with van der Waals surface area (Å²) in [7, 11) is -3.47. The summed E-state index contributed by atoms with van der Waals surface area (Å²) in [4.78, 5) is 8.07. The van der Waals surface area contributed by atoms with Gasteiger partial charge in [0, 0.05) is 17.2 Å². The highest BCUT2D eigenvalue weighted by molar-refractivity contribution is 7.91. The summed E-state index contributed by atoms with van der Waals surface area (Å²) in [5.41, 5.74) is 5.33. The molecule has 1 N–H and O–H groups in total. The van der Waals surface area contributed by atoms with Crippen LogP contribution in [0.15, 0.2) is 72.9 Å². The Morgan fingerprint density at radius 3 is 2.45 bits per heavy atom. The van der Waals surface area contributed by atoms with Crippen molar-refractivity contribution in [2.24, 2.45) is 0 Å². The van der Waals surface area contributed by atoms with E-state index in [4.69, 9.17) is 16.3 Å². The van der Waals surface area contributed by atoms with Crippen molar-refractivity contribution >= 4 is 27.6 Å². The predicted octanol–water partition coefficient (Wildman–Crippen LogP) is 6.25. The molecule has 0 bridgehead atoms. The predicted molar refractivity (Wildman–Crippen MR) is 150 cm³/mol. The minimum Gasteiger partial charge on any atom is -0.487 e. The van der Waals surface area contributed by atoms with Crippen LogP contribution < -0.4 is 9.46 Å². The maximum atomic E-state index is 11.4. The zero-order valence-electron chi connectivity index (χ0n) is 21.5. The second-order valence-electron chi connectivity index (χ2n) is 9.55. The average Bonchev–Trinajstić information content (AvgIpc) is 2.86. The smallest absolute Gasteiger partial charge is 0.236 e. The van der Waals surface area contributed by atoms with Crippen LogP contribution in [0.3, 0.4) is 0 Å². The molecule has 0 saturated heterocycles. The molecular formula is C29H27ClN4O3S. The van der Waals surface area contributed by atoms with E-state index >= 15 is 0 Å². The summed E-state index contributed by atoms with van der Waals surface area (Å²) in [5, 5.41) is 10.5. The van der Waals surface area contributed by atoms with E-state index in [0.717, 1.165) is 34.1 Å². The van der Waals surface area contributed by atoms with Gasteiger partial charge in [-0.1, -0.05) is 67.4 Å². The normalized spacial score (nSPS) is 11.6. The zero-order valence-corrected chi connectivity index (χ0v) is 23.1. The van der Waals surface area contributed by atoms with Gasteiger partial charge in [-0.25, -0.2) is 18.4 Å². The highest BCUT2D eigenvalue weighted by Crippen LogP contribution is 2.39. The lowest BCUT2D eigenvalue weighted by Crippen LogP contribution is -2.19. The number of anilines is 1. The van der Waals surface area contributed by atoms with Crippen molar-refractivity contribution in [2.45, 2.75) is 32.8 Å². The number of hydrogen-bond donors (Lipinski definition) is 1. The first-order chi connectivity index (χ1) is 18.0. The van der Waals surface area contributed by atoms with Crippen molar-refractivity contribution in [3.63, 3.8) is 0 Å². The number of aromatic nitrogens is 2. The van der Waals surface area contributed by atoms with Crippen LogP contribution >= 0.6 is 11.6 Å². The summed E-state index contributed by atoms with van der Waals surface area (Å²) in [6, 6.07) is 23.4. The van der Waals surface area contributed by atoms with Crippen LogP contribution in [-0.2, 0) is 22.0 Å². The zero-order chi connectivity index (χ0) is 27.5. The van der Waals surface area contributed by atoms with Gasteiger partial charge in [0.2, 0.25) is 16.0 Å². The van der Waals surface area contributed by atoms with Crippen LogP contribution in [-0.4, -0.2) is 24.6 Å². The van der Waals surface area contributed by atoms with Gasteiger partial charge in [-0.15, -0.1) is 0 Å². The van der Waals surface area contributed by atoms with Gasteiger partial charge in [0.25, 0.3) is 0 Å². The molecule has 1 heterocycles. The lowest BCUT2D eigenvalue weighted by molar-refractivity contribution is 0.301. The van der Waals surface area contributed by atoms with Gasteiger partial charge in [-0.2, -0.15) is 5.26 Å². The first-order valence-corrected chi connectivity index (χ1v) is 14.1. The van der Waals surface area contributed by atoms with Gasteiger partial charge in [0.15, 0.2) is 0 Å². The molecule has 0 atom stereocenters. The van der Waals surface area contributed by atoms with Crippen LogP contribution in [0.25, 0.3) is 11.1 Å². The number of benzene rings is 3. The number of hydrogen-bond acceptors (Lipinski definition) is 6. The lowest BCUT2D eigenvalue weighted by atomic mass is 9.77. The summed E-state index contributed by atoms with van der Waals surface area (Å²) in [5.74, 6) is 0.626. The van der Waals surface area contributed by atoms with Crippen molar-refractivity contribution in [1.82, 2.24) is 9.97 Å². The summed E-state index contributed by atoms with van der Waals surface area (Å²) < 4.78 is 30.9. The number of ether oxygens (including phenoxy) is 1. The number of aryl methyl sites for hydroxylation is 1. The minimum absolute atomic E-state index is 0.00508. The first-order valence-electron chi connectivity index (χ1n) is 11.8. The maximum absolute atomic E-state index is 11.4. The molecule has 0 aliphatic rings. The van der Waals surface area contributed by atoms with E-state index in [0.29, 0.717) is 22.0 Å². The van der Waals surface area contributed by atoms with E-state index in [1.54, 1.807) is 6.07 Å². The highest BCUT2D eigenvalue weighted by Gasteiger charge is 2.26. The van der Waals surface area contributed by atoms with Crippen molar-refractivity contribution in [3.05, 3.63) is 106 Å². The molecule has 4 aromatic rings. The van der Waals surface area contributed by atoms with Crippen molar-refractivity contribution < 1.29 is 13.2 Å². The van der Waals surface area contributed by atoms with E-state index in [2.05, 4.69) is 34.6 Å². The summed E-state index contributed by atoms with van der Waals surface area (Å²) in [6.07, 6.45) is 2.51. The van der Waals surface area contributed by atoms with E-state index in [-0.39, 0.29) is 12.6 Å². The summed E-state index contributed by atoms with van der Waals surface area (Å²) >= 11 is 6.75. The van der Waals surface area contributed by atoms with Gasteiger partial charge in [0.1, 0.15) is 12.4 Å². The molecule has 4 rings (SSSR count). The third-order valence-corrected chi connectivity index (χ3v) is 7.04. The molecular weight excluding hydrogens is 520 g/mol. The third-order valence-electron chi connectivity index (χ3n) is 6.19. The van der Waals surface area contributed by atoms with Gasteiger partial charge in [-0.3, -0.25) is 4.72 Å². The molecule has 0 aliphatic carbocycles. The van der Waals surface area contributed by atoms with Gasteiger partial charge in [0.05, 0.1) is 28.6 Å². The van der Waals surface area contributed by atoms with Gasteiger partial charge in [-0.05, 0) is 53.9 Å². The monoisotopic (exact) mass is 546 g/mol. The van der Waals surface area contributed by atoms with Crippen molar-refractivity contribution in [3.8, 4) is 22.9 Å². The van der Waals surface area contributed by atoms with Crippen LogP contribution in [0.4, 0.5) is 5.95 Å². The molecule has 1 aromatic heterocycles. The number of nitrogens with one attached hydrogen (secondary N) is 1. The molecule has 0 fully saturated rings. The molecule has 38 heavy (non-hydrogen) atoms. The van der Waals surface area contributed by atoms with Gasteiger partial charge >= 0.3 is 0 Å². The summed E-state index contributed by atoms with van der Waals surface area (Å²) in [6.45, 7) is 6.32. The topological polar surface area (TPSA) is 105 Å². The second kappa shape index (κ2) is 10.8. The molecule has 0 saturated carbocycles. The number of halogens is 1. The van der Waals surface area contributed by atoms with Crippen LogP contribution in [0.2, 0.25) is 5.02 Å². The standard InChI is InChI=1S/C29H27ClN4O3S/c1-19-6-5-7-20(14-19)27-21(17-31)15-23(16-26(27)30)29(2,3)22-8-10-25(11-9-22)37-18-24-12-13-32-28(33-24)34-38(4,35)36/h5-16H,18H2,1-4H3,(H,32,33,34). The van der Waals surface area contributed by atoms with E-state index in [1.807, 2.05) is 67.6 Å². The maximum Gasteiger partial charge on any atom is 0.236 e. The molecule has 9 heteroatoms. The fourth-order valence-corrected chi connectivity index (χ4v) is 4.89. The molecule has 0 aliphatic heterocycles. The molecule has 0 spiro atoms. The highest BCUT2D eigenvalue weighted by atomic mass is 35.5. The van der Waals surface area contributed by atoms with Crippen molar-refractivity contribution in [2.75, 3.05) is 11.0 Å². The SMILES string of the molecule is Cc1cccc(-c2c(Cl)cc(C(C)(C)c3ccc(OCc4ccnc(NS(C)(=O)=O)n4)cc3)cc2C#N)c1. The van der Waals surface area contributed by atoms with Crippen LogP contribution in [0.1, 0.15) is 41.8 Å². The Labute approximate surface area is 228 Å². The molecule has 0 unspecified atom stereocenters. The first kappa shape index (κ1) is 27.1. The molecule has 3 aromatic carbocycles. The van der Waals surface area contributed by atoms with Crippen LogP contribution in [0, 0.1) is 18.3 Å². The molecule has 0 radical (unpaired) electrons. The van der Waals surface area contributed by atoms with Gasteiger partial charge < -0.3 is 4.74 Å². The molecule has 7 nitrogen and oxygen atoms in total. The fourth-order valence-electron chi connectivity index (χ4n) is 4.13. The fraction of sp³-hybridized carbons (Fsp3) is 0.207. The lowest BCUT2D eigenvalue weighted by Gasteiger charge is -2.27. The van der Waals surface area contributed by atoms with E-state index < -0.39 is 15.4 Å². The largest absolute Gasteiger partial charge is 0.487 e. The number of rotatable bonds is 8.